The van der Waals surface area contributed by atoms with Gasteiger partial charge in [0.05, 0.1) is 6.54 Å². The maximum absolute atomic E-state index is 11.1. The highest BCUT2D eigenvalue weighted by Gasteiger charge is 2.19. The summed E-state index contributed by atoms with van der Waals surface area (Å²) in [6, 6.07) is -1.67. The normalized spacial score (nSPS) is 11.6. The summed E-state index contributed by atoms with van der Waals surface area (Å²) >= 11 is 1.48. The van der Waals surface area contributed by atoms with Gasteiger partial charge in [0.15, 0.2) is 0 Å². The molecule has 0 aliphatic carbocycles. The average molecular weight is 249 g/mol. The monoisotopic (exact) mass is 249 g/mol. The zero-order valence-corrected chi connectivity index (χ0v) is 9.67. The predicted octanol–water partition coefficient (Wildman–Crippen LogP) is -1.02. The first-order chi connectivity index (χ1) is 7.47. The van der Waals surface area contributed by atoms with Crippen LogP contribution in [-0.4, -0.2) is 47.6 Å². The number of aliphatic carboxylic acids is 1. The van der Waals surface area contributed by atoms with E-state index < -0.39 is 23.9 Å². The molecule has 1 unspecified atom stereocenters. The molecule has 7 nitrogen and oxygen atoms in total. The van der Waals surface area contributed by atoms with E-state index in [1.54, 1.807) is 0 Å². The molecule has 8 heteroatoms. The Balaban J connectivity index is 4.02. The van der Waals surface area contributed by atoms with Crippen LogP contribution in [0.3, 0.4) is 0 Å². The summed E-state index contributed by atoms with van der Waals surface area (Å²) < 4.78 is 0. The number of carbonyl (C=O) groups excluding carboxylic acids is 2. The summed E-state index contributed by atoms with van der Waals surface area (Å²) in [5, 5.41) is 13.2. The average Bonchev–Trinajstić information content (AvgIpc) is 2.20. The minimum Gasteiger partial charge on any atom is -0.480 e. The lowest BCUT2D eigenvalue weighted by Gasteiger charge is -2.13. The van der Waals surface area contributed by atoms with Crippen LogP contribution in [0.25, 0.3) is 0 Å². The van der Waals surface area contributed by atoms with Gasteiger partial charge in [-0.25, -0.2) is 9.59 Å². The molecule has 1 atom stereocenters. The number of carboxylic acid groups (broad SMARTS) is 1. The molecule has 0 saturated carbocycles. The van der Waals surface area contributed by atoms with Crippen molar-refractivity contribution < 1.29 is 19.5 Å². The Labute approximate surface area is 97.1 Å². The number of amides is 3. The number of rotatable bonds is 7. The van der Waals surface area contributed by atoms with Crippen molar-refractivity contribution in [1.29, 1.82) is 0 Å². The van der Waals surface area contributed by atoms with Crippen LogP contribution in [0.4, 0.5) is 4.79 Å². The molecule has 0 aromatic carbocycles. The Morgan fingerprint density at radius 3 is 2.50 bits per heavy atom. The van der Waals surface area contributed by atoms with Gasteiger partial charge in [-0.3, -0.25) is 4.79 Å². The van der Waals surface area contributed by atoms with Crippen LogP contribution in [0.1, 0.15) is 6.42 Å². The van der Waals surface area contributed by atoms with Crippen LogP contribution < -0.4 is 16.4 Å². The summed E-state index contributed by atoms with van der Waals surface area (Å²) in [5.74, 6) is -1.18. The van der Waals surface area contributed by atoms with Crippen LogP contribution >= 0.6 is 11.8 Å². The predicted molar refractivity (Wildman–Crippen MR) is 60.2 cm³/mol. The molecule has 3 amide bonds. The molecule has 0 aromatic heterocycles. The fourth-order valence-electron chi connectivity index (χ4n) is 0.870. The van der Waals surface area contributed by atoms with Crippen molar-refractivity contribution in [2.75, 3.05) is 18.6 Å². The molecule has 0 spiro atoms. The number of carbonyl (C=O) groups is 3. The maximum Gasteiger partial charge on any atom is 0.326 e. The number of urea groups is 1. The standard InChI is InChI=1S/C8H15N3O4S/c1-16-3-2-5(7(13)14)11-8(15)10-4-6(9)12/h5H,2-4H2,1H3,(H2,9,12)(H,13,14)(H2,10,11,15). The van der Waals surface area contributed by atoms with Crippen molar-refractivity contribution in [3.05, 3.63) is 0 Å². The Morgan fingerprint density at radius 2 is 2.06 bits per heavy atom. The molecule has 0 saturated heterocycles. The van der Waals surface area contributed by atoms with Gasteiger partial charge in [-0.2, -0.15) is 11.8 Å². The van der Waals surface area contributed by atoms with E-state index in [-0.39, 0.29) is 6.54 Å². The van der Waals surface area contributed by atoms with Gasteiger partial charge in [0.2, 0.25) is 5.91 Å². The van der Waals surface area contributed by atoms with E-state index in [1.165, 1.54) is 11.8 Å². The van der Waals surface area contributed by atoms with E-state index in [0.717, 1.165) is 0 Å². The second kappa shape index (κ2) is 7.80. The molecular formula is C8H15N3O4S. The van der Waals surface area contributed by atoms with E-state index in [2.05, 4.69) is 10.6 Å². The quantitative estimate of drug-likeness (QED) is 0.460. The van der Waals surface area contributed by atoms with E-state index >= 15 is 0 Å². The largest absolute Gasteiger partial charge is 0.480 e. The maximum atomic E-state index is 11.1. The zero-order valence-electron chi connectivity index (χ0n) is 8.86. The fraction of sp³-hybridized carbons (Fsp3) is 0.625. The van der Waals surface area contributed by atoms with Gasteiger partial charge in [-0.15, -0.1) is 0 Å². The molecular weight excluding hydrogens is 234 g/mol. The highest BCUT2D eigenvalue weighted by molar-refractivity contribution is 7.98. The summed E-state index contributed by atoms with van der Waals surface area (Å²) in [6.07, 6.45) is 2.16. The van der Waals surface area contributed by atoms with Crippen LogP contribution in [0, 0.1) is 0 Å². The Kier molecular flexibility index (Phi) is 7.10. The van der Waals surface area contributed by atoms with E-state index in [1.807, 2.05) is 6.26 Å². The van der Waals surface area contributed by atoms with Gasteiger partial charge in [0, 0.05) is 0 Å². The van der Waals surface area contributed by atoms with Crippen molar-refractivity contribution in [3.8, 4) is 0 Å². The first kappa shape index (κ1) is 14.6. The zero-order chi connectivity index (χ0) is 12.6. The van der Waals surface area contributed by atoms with Gasteiger partial charge in [-0.1, -0.05) is 0 Å². The molecule has 0 heterocycles. The third-order valence-electron chi connectivity index (χ3n) is 1.64. The van der Waals surface area contributed by atoms with Crippen molar-refractivity contribution in [2.45, 2.75) is 12.5 Å². The van der Waals surface area contributed by atoms with E-state index in [9.17, 15) is 14.4 Å². The van der Waals surface area contributed by atoms with Crippen LogP contribution in [0.15, 0.2) is 0 Å². The van der Waals surface area contributed by atoms with Crippen LogP contribution in [0.2, 0.25) is 0 Å². The van der Waals surface area contributed by atoms with Crippen LogP contribution in [-0.2, 0) is 9.59 Å². The summed E-state index contributed by atoms with van der Waals surface area (Å²) in [7, 11) is 0. The number of hydrogen-bond acceptors (Lipinski definition) is 4. The molecule has 0 radical (unpaired) electrons. The molecule has 5 N–H and O–H groups in total. The molecule has 0 bridgehead atoms. The van der Waals surface area contributed by atoms with Gasteiger partial charge in [0.1, 0.15) is 6.04 Å². The summed E-state index contributed by atoms with van der Waals surface area (Å²) in [5.41, 5.74) is 4.81. The first-order valence-electron chi connectivity index (χ1n) is 4.51. The highest BCUT2D eigenvalue weighted by atomic mass is 32.2. The lowest BCUT2D eigenvalue weighted by molar-refractivity contribution is -0.139. The van der Waals surface area contributed by atoms with Crippen molar-refractivity contribution in [3.63, 3.8) is 0 Å². The van der Waals surface area contributed by atoms with Gasteiger partial charge >= 0.3 is 12.0 Å². The molecule has 92 valence electrons. The lowest BCUT2D eigenvalue weighted by Crippen LogP contribution is -2.48. The highest BCUT2D eigenvalue weighted by Crippen LogP contribution is 2.00. The molecule has 0 fully saturated rings. The minimum absolute atomic E-state index is 0.319. The summed E-state index contributed by atoms with van der Waals surface area (Å²) in [4.78, 5) is 32.2. The number of primary amides is 1. The second-order valence-electron chi connectivity index (χ2n) is 2.97. The molecule has 0 aliphatic heterocycles. The number of hydrogen-bond donors (Lipinski definition) is 4. The van der Waals surface area contributed by atoms with Gasteiger partial charge in [0.25, 0.3) is 0 Å². The third-order valence-corrected chi connectivity index (χ3v) is 2.28. The number of thioether (sulfide) groups is 1. The van der Waals surface area contributed by atoms with Crippen molar-refractivity contribution in [1.82, 2.24) is 10.6 Å². The number of nitrogens with two attached hydrogens (primary N) is 1. The number of carboxylic acids is 1. The minimum atomic E-state index is -1.11. The molecule has 0 aromatic rings. The topological polar surface area (TPSA) is 122 Å². The number of nitrogens with one attached hydrogen (secondary N) is 2. The fourth-order valence-corrected chi connectivity index (χ4v) is 1.34. The molecule has 0 aliphatic rings. The second-order valence-corrected chi connectivity index (χ2v) is 3.95. The Hall–Kier alpha value is -1.44. The van der Waals surface area contributed by atoms with Crippen LogP contribution in [0.5, 0.6) is 0 Å². The Bertz CT molecular complexity index is 272. The van der Waals surface area contributed by atoms with E-state index in [4.69, 9.17) is 10.8 Å². The van der Waals surface area contributed by atoms with Crippen molar-refractivity contribution in [2.24, 2.45) is 5.73 Å². The third kappa shape index (κ3) is 6.93. The smallest absolute Gasteiger partial charge is 0.326 e. The van der Waals surface area contributed by atoms with E-state index in [0.29, 0.717) is 12.2 Å². The van der Waals surface area contributed by atoms with Gasteiger partial charge < -0.3 is 21.5 Å². The molecule has 0 rings (SSSR count). The first-order valence-corrected chi connectivity index (χ1v) is 5.91. The summed E-state index contributed by atoms with van der Waals surface area (Å²) in [6.45, 7) is -0.319. The van der Waals surface area contributed by atoms with Gasteiger partial charge in [-0.05, 0) is 18.4 Å². The lowest BCUT2D eigenvalue weighted by atomic mass is 10.2. The SMILES string of the molecule is CSCCC(NC(=O)NCC(N)=O)C(=O)O. The van der Waals surface area contributed by atoms with Crippen molar-refractivity contribution >= 4 is 29.7 Å². The Morgan fingerprint density at radius 1 is 1.44 bits per heavy atom. The molecule has 16 heavy (non-hydrogen) atoms.